The lowest BCUT2D eigenvalue weighted by atomic mass is 9.99. The minimum absolute atomic E-state index is 0.559. The number of aryl methyl sites for hydroxylation is 1. The fraction of sp³-hybridized carbons (Fsp3) is 0.667. The lowest BCUT2D eigenvalue weighted by Crippen LogP contribution is -2.33. The fourth-order valence-electron chi connectivity index (χ4n) is 2.12. The molecule has 2 heteroatoms. The number of nitrogens with one attached hydrogen (secondary N) is 1. The second-order valence-electron chi connectivity index (χ2n) is 5.26. The Morgan fingerprint density at radius 3 is 2.65 bits per heavy atom. The first-order valence-electron chi connectivity index (χ1n) is 6.77. The Balaban J connectivity index is 2.58. The van der Waals surface area contributed by atoms with Crippen LogP contribution in [0.1, 0.15) is 45.0 Å². The van der Waals surface area contributed by atoms with Crippen LogP contribution in [0.25, 0.3) is 0 Å². The number of aromatic nitrogens is 1. The Labute approximate surface area is 106 Å². The van der Waals surface area contributed by atoms with Gasteiger partial charge in [-0.25, -0.2) is 0 Å². The number of hydrogen-bond donors (Lipinski definition) is 1. The van der Waals surface area contributed by atoms with Crippen molar-refractivity contribution in [3.8, 4) is 0 Å². The summed E-state index contributed by atoms with van der Waals surface area (Å²) < 4.78 is 0. The first-order chi connectivity index (χ1) is 8.11. The van der Waals surface area contributed by atoms with Crippen molar-refractivity contribution in [1.29, 1.82) is 0 Å². The van der Waals surface area contributed by atoms with Crippen LogP contribution in [0.4, 0.5) is 0 Å². The maximum atomic E-state index is 4.59. The second-order valence-corrected chi connectivity index (χ2v) is 5.26. The van der Waals surface area contributed by atoms with Crippen molar-refractivity contribution in [2.24, 2.45) is 5.92 Å². The van der Waals surface area contributed by atoms with Gasteiger partial charge >= 0.3 is 0 Å². The molecule has 0 aromatic carbocycles. The molecule has 0 saturated heterocycles. The molecule has 0 saturated carbocycles. The summed E-state index contributed by atoms with van der Waals surface area (Å²) in [6, 6.07) is 6.85. The Morgan fingerprint density at radius 2 is 2.06 bits per heavy atom. The van der Waals surface area contributed by atoms with Gasteiger partial charge in [-0.1, -0.05) is 26.8 Å². The Bertz CT molecular complexity index is 320. The van der Waals surface area contributed by atoms with E-state index < -0.39 is 0 Å². The third kappa shape index (κ3) is 5.83. The van der Waals surface area contributed by atoms with Crippen LogP contribution in [0.5, 0.6) is 0 Å². The molecular weight excluding hydrogens is 208 g/mol. The van der Waals surface area contributed by atoms with Crippen LogP contribution in [0.15, 0.2) is 18.2 Å². The first kappa shape index (κ1) is 14.2. The molecule has 0 fully saturated rings. The highest BCUT2D eigenvalue weighted by atomic mass is 14.9. The molecule has 0 bridgehead atoms. The molecule has 1 aromatic rings. The highest BCUT2D eigenvalue weighted by molar-refractivity contribution is 5.11. The van der Waals surface area contributed by atoms with Crippen LogP contribution in [0, 0.1) is 12.8 Å². The van der Waals surface area contributed by atoms with Gasteiger partial charge in [-0.2, -0.15) is 0 Å². The molecule has 1 heterocycles. The number of hydrogen-bond acceptors (Lipinski definition) is 2. The Hall–Kier alpha value is -0.890. The van der Waals surface area contributed by atoms with E-state index in [4.69, 9.17) is 0 Å². The maximum Gasteiger partial charge on any atom is 0.0422 e. The van der Waals surface area contributed by atoms with E-state index in [1.54, 1.807) is 0 Å². The fourth-order valence-corrected chi connectivity index (χ4v) is 2.12. The lowest BCUT2D eigenvalue weighted by molar-refractivity contribution is 0.413. The van der Waals surface area contributed by atoms with Crippen molar-refractivity contribution < 1.29 is 0 Å². The highest BCUT2D eigenvalue weighted by Crippen LogP contribution is 2.10. The summed E-state index contributed by atoms with van der Waals surface area (Å²) in [7, 11) is 0. The summed E-state index contributed by atoms with van der Waals surface area (Å²) in [6.45, 7) is 9.93. The summed E-state index contributed by atoms with van der Waals surface area (Å²) >= 11 is 0. The average molecular weight is 234 g/mol. The third-order valence-electron chi connectivity index (χ3n) is 2.84. The monoisotopic (exact) mass is 234 g/mol. The topological polar surface area (TPSA) is 24.9 Å². The quantitative estimate of drug-likeness (QED) is 0.782. The smallest absolute Gasteiger partial charge is 0.0422 e. The zero-order valence-corrected chi connectivity index (χ0v) is 11.7. The van der Waals surface area contributed by atoms with Crippen LogP contribution in [-0.2, 0) is 6.42 Å². The van der Waals surface area contributed by atoms with Crippen molar-refractivity contribution in [3.63, 3.8) is 0 Å². The molecule has 1 atom stereocenters. The molecule has 0 aliphatic carbocycles. The number of rotatable bonds is 7. The molecule has 2 nitrogen and oxygen atoms in total. The van der Waals surface area contributed by atoms with Gasteiger partial charge < -0.3 is 5.32 Å². The van der Waals surface area contributed by atoms with Gasteiger partial charge in [0, 0.05) is 23.9 Å². The van der Waals surface area contributed by atoms with Gasteiger partial charge in [0.1, 0.15) is 0 Å². The molecule has 0 aliphatic rings. The average Bonchev–Trinajstić information content (AvgIpc) is 2.25. The number of nitrogens with zero attached hydrogens (tertiary/aromatic N) is 1. The van der Waals surface area contributed by atoms with Crippen LogP contribution in [-0.4, -0.2) is 17.6 Å². The van der Waals surface area contributed by atoms with E-state index in [0.29, 0.717) is 6.04 Å². The van der Waals surface area contributed by atoms with Gasteiger partial charge in [0.15, 0.2) is 0 Å². The first-order valence-corrected chi connectivity index (χ1v) is 6.77. The van der Waals surface area contributed by atoms with Crippen molar-refractivity contribution >= 4 is 0 Å². The SMILES string of the molecule is CCCNC(Cc1cccc(C)n1)CC(C)C. The van der Waals surface area contributed by atoms with Crippen molar-refractivity contribution in [2.45, 2.75) is 53.0 Å². The largest absolute Gasteiger partial charge is 0.314 e. The Kier molecular flexibility index (Phi) is 6.20. The van der Waals surface area contributed by atoms with Crippen molar-refractivity contribution in [1.82, 2.24) is 10.3 Å². The van der Waals surface area contributed by atoms with Crippen molar-refractivity contribution in [3.05, 3.63) is 29.6 Å². The molecule has 1 unspecified atom stereocenters. The number of pyridine rings is 1. The summed E-state index contributed by atoms with van der Waals surface area (Å²) in [5.74, 6) is 0.731. The Morgan fingerprint density at radius 1 is 1.29 bits per heavy atom. The molecule has 0 amide bonds. The standard InChI is InChI=1S/C15H26N2/c1-5-9-16-15(10-12(2)3)11-14-8-6-7-13(4)17-14/h6-8,12,15-16H,5,9-11H2,1-4H3. The van der Waals surface area contributed by atoms with E-state index in [2.05, 4.69) is 56.2 Å². The molecule has 1 aromatic heterocycles. The zero-order valence-electron chi connectivity index (χ0n) is 11.7. The molecule has 0 aliphatic heterocycles. The summed E-state index contributed by atoms with van der Waals surface area (Å²) in [5, 5.41) is 3.63. The predicted octanol–water partition coefficient (Wildman–Crippen LogP) is 3.35. The normalized spacial score (nSPS) is 13.0. The van der Waals surface area contributed by atoms with Gasteiger partial charge in [0.25, 0.3) is 0 Å². The summed E-state index contributed by atoms with van der Waals surface area (Å²) in [6.07, 6.45) is 3.45. The highest BCUT2D eigenvalue weighted by Gasteiger charge is 2.11. The summed E-state index contributed by atoms with van der Waals surface area (Å²) in [5.41, 5.74) is 2.32. The molecule has 96 valence electrons. The zero-order chi connectivity index (χ0) is 12.7. The van der Waals surface area contributed by atoms with E-state index in [9.17, 15) is 0 Å². The van der Waals surface area contributed by atoms with Gasteiger partial charge in [0.2, 0.25) is 0 Å². The molecule has 1 N–H and O–H groups in total. The van der Waals surface area contributed by atoms with E-state index in [0.717, 1.165) is 24.6 Å². The minimum atomic E-state index is 0.559. The van der Waals surface area contributed by atoms with Crippen molar-refractivity contribution in [2.75, 3.05) is 6.54 Å². The maximum absolute atomic E-state index is 4.59. The third-order valence-corrected chi connectivity index (χ3v) is 2.84. The molecular formula is C15H26N2. The van der Waals surface area contributed by atoms with Crippen LogP contribution in [0.3, 0.4) is 0 Å². The van der Waals surface area contributed by atoms with Gasteiger partial charge in [-0.05, 0) is 44.4 Å². The van der Waals surface area contributed by atoms with Gasteiger partial charge in [0.05, 0.1) is 0 Å². The summed E-state index contributed by atoms with van der Waals surface area (Å²) in [4.78, 5) is 4.59. The molecule has 17 heavy (non-hydrogen) atoms. The van der Waals surface area contributed by atoms with Crippen LogP contribution >= 0.6 is 0 Å². The molecule has 0 radical (unpaired) electrons. The molecule has 0 spiro atoms. The minimum Gasteiger partial charge on any atom is -0.314 e. The molecule has 1 rings (SSSR count). The van der Waals surface area contributed by atoms with E-state index >= 15 is 0 Å². The lowest BCUT2D eigenvalue weighted by Gasteiger charge is -2.20. The second kappa shape index (κ2) is 7.44. The van der Waals surface area contributed by atoms with Crippen LogP contribution < -0.4 is 5.32 Å². The van der Waals surface area contributed by atoms with E-state index in [1.165, 1.54) is 18.5 Å². The predicted molar refractivity (Wildman–Crippen MR) is 74.2 cm³/mol. The van der Waals surface area contributed by atoms with E-state index in [-0.39, 0.29) is 0 Å². The van der Waals surface area contributed by atoms with Crippen LogP contribution in [0.2, 0.25) is 0 Å². The van der Waals surface area contributed by atoms with E-state index in [1.807, 2.05) is 0 Å². The van der Waals surface area contributed by atoms with Gasteiger partial charge in [-0.3, -0.25) is 4.98 Å². The van der Waals surface area contributed by atoms with Gasteiger partial charge in [-0.15, -0.1) is 0 Å².